The van der Waals surface area contributed by atoms with Gasteiger partial charge in [0.1, 0.15) is 5.00 Å². The Kier molecular flexibility index (Phi) is 3.39. The van der Waals surface area contributed by atoms with Gasteiger partial charge in [0.25, 0.3) is 5.89 Å². The first kappa shape index (κ1) is 12.0. The molecule has 0 aliphatic rings. The molecular weight excluding hydrogens is 240 g/mol. The number of methoxy groups -OCH3 is 1. The lowest BCUT2D eigenvalue weighted by atomic mass is 10.2. The lowest BCUT2D eigenvalue weighted by molar-refractivity contribution is 0.116. The van der Waals surface area contributed by atoms with Gasteiger partial charge in [-0.3, -0.25) is 0 Å². The van der Waals surface area contributed by atoms with E-state index in [0.717, 1.165) is 11.3 Å². The second-order valence-corrected chi connectivity index (χ2v) is 4.58. The Balaban J connectivity index is 2.24. The van der Waals surface area contributed by atoms with Gasteiger partial charge < -0.3 is 15.0 Å². The van der Waals surface area contributed by atoms with Gasteiger partial charge in [-0.05, 0) is 25.4 Å². The summed E-state index contributed by atoms with van der Waals surface area (Å²) in [5.74, 6) is 1.03. The second kappa shape index (κ2) is 4.80. The molecule has 2 rings (SSSR count). The van der Waals surface area contributed by atoms with Crippen LogP contribution in [-0.4, -0.2) is 27.7 Å². The van der Waals surface area contributed by atoms with E-state index in [1.165, 1.54) is 11.5 Å². The van der Waals surface area contributed by atoms with Crippen LogP contribution in [0.15, 0.2) is 4.52 Å². The molecule has 0 aromatic carbocycles. The topological polar surface area (TPSA) is 87.1 Å². The lowest BCUT2D eigenvalue weighted by Crippen LogP contribution is -2.09. The molecule has 2 aromatic rings. The lowest BCUT2D eigenvalue weighted by Gasteiger charge is -2.03. The number of hydrogen-bond acceptors (Lipinski definition) is 7. The number of nitrogen functional groups attached to an aromatic ring is 1. The molecule has 0 fully saturated rings. The Morgan fingerprint density at radius 3 is 2.88 bits per heavy atom. The smallest absolute Gasteiger partial charge is 0.262 e. The summed E-state index contributed by atoms with van der Waals surface area (Å²) < 4.78 is 14.5. The van der Waals surface area contributed by atoms with Gasteiger partial charge in [0.05, 0.1) is 17.4 Å². The summed E-state index contributed by atoms with van der Waals surface area (Å²) in [5.41, 5.74) is 7.36. The molecule has 92 valence electrons. The van der Waals surface area contributed by atoms with Crippen LogP contribution in [-0.2, 0) is 11.2 Å². The first-order valence-electron chi connectivity index (χ1n) is 5.19. The number of ether oxygens (including phenoxy) is 1. The summed E-state index contributed by atoms with van der Waals surface area (Å²) >= 11 is 1.23. The Labute approximate surface area is 103 Å². The predicted octanol–water partition coefficient (Wildman–Crippen LogP) is 1.66. The number of nitrogens with two attached hydrogens (primary N) is 1. The van der Waals surface area contributed by atoms with Crippen LogP contribution in [0.2, 0.25) is 0 Å². The van der Waals surface area contributed by atoms with Gasteiger partial charge in [-0.25, -0.2) is 0 Å². The van der Waals surface area contributed by atoms with Crippen molar-refractivity contribution in [3.8, 4) is 11.5 Å². The van der Waals surface area contributed by atoms with Crippen LogP contribution in [0.25, 0.3) is 11.5 Å². The van der Waals surface area contributed by atoms with E-state index in [1.54, 1.807) is 7.11 Å². The van der Waals surface area contributed by atoms with E-state index in [-0.39, 0.29) is 6.10 Å². The zero-order chi connectivity index (χ0) is 12.4. The highest BCUT2D eigenvalue weighted by Crippen LogP contribution is 2.30. The molecule has 0 saturated carbocycles. The summed E-state index contributed by atoms with van der Waals surface area (Å²) in [6, 6.07) is 0. The second-order valence-electron chi connectivity index (χ2n) is 3.77. The third kappa shape index (κ3) is 2.45. The molecular formula is C10H14N4O2S. The van der Waals surface area contributed by atoms with Gasteiger partial charge in [0.15, 0.2) is 5.82 Å². The van der Waals surface area contributed by atoms with E-state index < -0.39 is 0 Å². The Hall–Kier alpha value is -1.47. The van der Waals surface area contributed by atoms with Gasteiger partial charge in [-0.1, -0.05) is 5.16 Å². The van der Waals surface area contributed by atoms with Gasteiger partial charge >= 0.3 is 0 Å². The maximum absolute atomic E-state index is 5.81. The van der Waals surface area contributed by atoms with Crippen LogP contribution in [0.4, 0.5) is 5.00 Å². The highest BCUT2D eigenvalue weighted by atomic mass is 32.1. The van der Waals surface area contributed by atoms with E-state index in [9.17, 15) is 0 Å². The minimum atomic E-state index is 0.0551. The molecule has 0 spiro atoms. The van der Waals surface area contributed by atoms with Gasteiger partial charge in [0, 0.05) is 13.5 Å². The Morgan fingerprint density at radius 1 is 1.53 bits per heavy atom. The van der Waals surface area contributed by atoms with Gasteiger partial charge in [-0.15, -0.1) is 0 Å². The molecule has 2 heterocycles. The number of aryl methyl sites for hydroxylation is 1. The molecule has 0 aliphatic heterocycles. The molecule has 0 radical (unpaired) electrons. The zero-order valence-electron chi connectivity index (χ0n) is 9.93. The maximum Gasteiger partial charge on any atom is 0.262 e. The molecule has 1 atom stereocenters. The third-order valence-corrected chi connectivity index (χ3v) is 3.21. The molecule has 0 amide bonds. The third-order valence-electron chi connectivity index (χ3n) is 2.44. The molecule has 0 aliphatic carbocycles. The maximum atomic E-state index is 5.81. The van der Waals surface area contributed by atoms with E-state index in [1.807, 2.05) is 13.8 Å². The van der Waals surface area contributed by atoms with Crippen molar-refractivity contribution in [2.75, 3.05) is 12.8 Å². The fourth-order valence-electron chi connectivity index (χ4n) is 1.43. The SMILES string of the molecule is COC(C)Cc1noc(-c2c(C)nsc2N)n1. The van der Waals surface area contributed by atoms with Crippen LogP contribution >= 0.6 is 11.5 Å². The molecule has 0 bridgehead atoms. The monoisotopic (exact) mass is 254 g/mol. The molecule has 2 N–H and O–H groups in total. The first-order chi connectivity index (χ1) is 8.11. The van der Waals surface area contributed by atoms with Crippen molar-refractivity contribution in [1.82, 2.24) is 14.5 Å². The first-order valence-corrected chi connectivity index (χ1v) is 5.96. The van der Waals surface area contributed by atoms with Crippen molar-refractivity contribution in [2.24, 2.45) is 0 Å². The molecule has 6 nitrogen and oxygen atoms in total. The summed E-state index contributed by atoms with van der Waals surface area (Å²) in [6.07, 6.45) is 0.663. The summed E-state index contributed by atoms with van der Waals surface area (Å²) in [5, 5.41) is 4.49. The fourth-order valence-corrected chi connectivity index (χ4v) is 2.08. The van der Waals surface area contributed by atoms with Crippen LogP contribution < -0.4 is 5.73 Å². The fraction of sp³-hybridized carbons (Fsp3) is 0.500. The van der Waals surface area contributed by atoms with E-state index in [4.69, 9.17) is 15.0 Å². The highest BCUT2D eigenvalue weighted by molar-refractivity contribution is 7.10. The van der Waals surface area contributed by atoms with Gasteiger partial charge in [-0.2, -0.15) is 9.36 Å². The number of hydrogen-bond donors (Lipinski definition) is 1. The minimum absolute atomic E-state index is 0.0551. The molecule has 7 heteroatoms. The predicted molar refractivity (Wildman–Crippen MR) is 64.7 cm³/mol. The van der Waals surface area contributed by atoms with Crippen LogP contribution in [0.5, 0.6) is 0 Å². The zero-order valence-corrected chi connectivity index (χ0v) is 10.7. The van der Waals surface area contributed by atoms with E-state index in [0.29, 0.717) is 23.1 Å². The highest BCUT2D eigenvalue weighted by Gasteiger charge is 2.18. The average molecular weight is 254 g/mol. The Bertz CT molecular complexity index is 489. The van der Waals surface area contributed by atoms with Crippen LogP contribution in [0.3, 0.4) is 0 Å². The Morgan fingerprint density at radius 2 is 2.29 bits per heavy atom. The number of nitrogens with zero attached hydrogens (tertiary/aromatic N) is 3. The molecule has 17 heavy (non-hydrogen) atoms. The van der Waals surface area contributed by atoms with E-state index in [2.05, 4.69) is 14.5 Å². The summed E-state index contributed by atoms with van der Waals surface area (Å²) in [7, 11) is 1.65. The van der Waals surface area contributed by atoms with Crippen molar-refractivity contribution < 1.29 is 9.26 Å². The number of rotatable bonds is 4. The van der Waals surface area contributed by atoms with Crippen molar-refractivity contribution in [1.29, 1.82) is 0 Å². The summed E-state index contributed by atoms with van der Waals surface area (Å²) in [6.45, 7) is 3.81. The largest absolute Gasteiger partial charge is 0.389 e. The number of anilines is 1. The summed E-state index contributed by atoms with van der Waals surface area (Å²) in [4.78, 5) is 4.29. The van der Waals surface area contributed by atoms with Crippen molar-refractivity contribution in [2.45, 2.75) is 26.4 Å². The average Bonchev–Trinajstić information content (AvgIpc) is 2.86. The molecule has 2 aromatic heterocycles. The quantitative estimate of drug-likeness (QED) is 0.892. The van der Waals surface area contributed by atoms with Crippen LogP contribution in [0, 0.1) is 6.92 Å². The number of aromatic nitrogens is 3. The van der Waals surface area contributed by atoms with E-state index >= 15 is 0 Å². The van der Waals surface area contributed by atoms with Crippen molar-refractivity contribution in [3.63, 3.8) is 0 Å². The van der Waals surface area contributed by atoms with Gasteiger partial charge in [0.2, 0.25) is 0 Å². The molecule has 0 saturated heterocycles. The minimum Gasteiger partial charge on any atom is -0.389 e. The van der Waals surface area contributed by atoms with Crippen LogP contribution in [0.1, 0.15) is 18.4 Å². The van der Waals surface area contributed by atoms with Crippen molar-refractivity contribution in [3.05, 3.63) is 11.5 Å². The van der Waals surface area contributed by atoms with Crippen molar-refractivity contribution >= 4 is 16.5 Å². The molecule has 1 unspecified atom stereocenters. The normalized spacial score (nSPS) is 12.9. The standard InChI is InChI=1S/C10H14N4O2S/c1-5(15-3)4-7-12-10(16-13-7)8-6(2)14-17-9(8)11/h5H,4,11H2,1-3H3.